The van der Waals surface area contributed by atoms with Crippen LogP contribution in [0.2, 0.25) is 0 Å². The maximum atomic E-state index is 9.37. The molecule has 1 rings (SSSR count). The molecule has 62 valence electrons. The molecule has 0 heterocycles. The van der Waals surface area contributed by atoms with Gasteiger partial charge < -0.3 is 10.2 Å². The predicted molar refractivity (Wildman–Crippen MR) is 44.1 cm³/mol. The van der Waals surface area contributed by atoms with Crippen molar-refractivity contribution in [2.45, 2.75) is 19.4 Å². The summed E-state index contributed by atoms with van der Waals surface area (Å²) < 4.78 is 0. The molecule has 2 nitrogen and oxygen atoms in total. The van der Waals surface area contributed by atoms with Crippen molar-refractivity contribution in [3.05, 3.63) is 24.3 Å². The highest BCUT2D eigenvalue weighted by Gasteiger charge is 2.29. The Kier molecular flexibility index (Phi) is 2.47. The van der Waals surface area contributed by atoms with Crippen molar-refractivity contribution in [3.63, 3.8) is 0 Å². The first-order valence-electron chi connectivity index (χ1n) is 3.85. The fourth-order valence-corrected chi connectivity index (χ4v) is 1.23. The Hall–Kier alpha value is -0.600. The first kappa shape index (κ1) is 8.50. The molecule has 1 aliphatic carbocycles. The van der Waals surface area contributed by atoms with Gasteiger partial charge in [0.1, 0.15) is 0 Å². The van der Waals surface area contributed by atoms with E-state index in [1.54, 1.807) is 6.92 Å². The number of allylic oxidation sites excluding steroid dienone is 2. The van der Waals surface area contributed by atoms with E-state index in [0.717, 1.165) is 6.42 Å². The molecule has 2 heteroatoms. The van der Waals surface area contributed by atoms with E-state index in [0.29, 0.717) is 0 Å². The summed E-state index contributed by atoms with van der Waals surface area (Å²) in [6, 6.07) is 0. The lowest BCUT2D eigenvalue weighted by molar-refractivity contribution is 0.0589. The van der Waals surface area contributed by atoms with Crippen molar-refractivity contribution < 1.29 is 10.2 Å². The topological polar surface area (TPSA) is 40.5 Å². The Balaban J connectivity index is 2.81. The maximum Gasteiger partial charge on any atom is 0.0659 e. The molecule has 0 amide bonds. The SMILES string of the molecule is CC(O)C1(CO)C=CCC=C1. The minimum absolute atomic E-state index is 0.0301. The van der Waals surface area contributed by atoms with Gasteiger partial charge in [-0.05, 0) is 13.3 Å². The highest BCUT2D eigenvalue weighted by Crippen LogP contribution is 2.28. The molecule has 0 bridgehead atoms. The monoisotopic (exact) mass is 154 g/mol. The zero-order chi connectivity index (χ0) is 8.32. The van der Waals surface area contributed by atoms with Crippen LogP contribution in [0.25, 0.3) is 0 Å². The van der Waals surface area contributed by atoms with Crippen LogP contribution in [0.15, 0.2) is 24.3 Å². The van der Waals surface area contributed by atoms with Crippen LogP contribution < -0.4 is 0 Å². The summed E-state index contributed by atoms with van der Waals surface area (Å²) in [5.74, 6) is 0. The highest BCUT2D eigenvalue weighted by molar-refractivity contribution is 5.19. The van der Waals surface area contributed by atoms with Crippen molar-refractivity contribution in [3.8, 4) is 0 Å². The van der Waals surface area contributed by atoms with Gasteiger partial charge in [0.25, 0.3) is 0 Å². The maximum absolute atomic E-state index is 9.37. The van der Waals surface area contributed by atoms with Gasteiger partial charge in [0.15, 0.2) is 0 Å². The summed E-state index contributed by atoms with van der Waals surface area (Å²) in [6.45, 7) is 1.66. The third kappa shape index (κ3) is 1.52. The normalized spacial score (nSPS) is 23.5. The Morgan fingerprint density at radius 3 is 2.27 bits per heavy atom. The van der Waals surface area contributed by atoms with E-state index in [4.69, 9.17) is 5.11 Å². The van der Waals surface area contributed by atoms with Crippen molar-refractivity contribution >= 4 is 0 Å². The lowest BCUT2D eigenvalue weighted by Crippen LogP contribution is -2.33. The Bertz CT molecular complexity index is 168. The number of hydrogen-bond donors (Lipinski definition) is 2. The average molecular weight is 154 g/mol. The molecule has 11 heavy (non-hydrogen) atoms. The molecular formula is C9H14O2. The second-order valence-corrected chi connectivity index (χ2v) is 2.99. The van der Waals surface area contributed by atoms with Crippen LogP contribution in [0.5, 0.6) is 0 Å². The van der Waals surface area contributed by atoms with Crippen molar-refractivity contribution in [2.75, 3.05) is 6.61 Å². The van der Waals surface area contributed by atoms with Gasteiger partial charge >= 0.3 is 0 Å². The third-order valence-corrected chi connectivity index (χ3v) is 2.18. The second-order valence-electron chi connectivity index (χ2n) is 2.99. The molecule has 0 radical (unpaired) electrons. The standard InChI is InChI=1S/C9H14O2/c1-8(11)9(7-10)5-3-2-4-6-9/h3-6,8,10-11H,2,7H2,1H3. The van der Waals surface area contributed by atoms with Crippen molar-refractivity contribution in [2.24, 2.45) is 5.41 Å². The minimum Gasteiger partial charge on any atom is -0.395 e. The van der Waals surface area contributed by atoms with E-state index in [-0.39, 0.29) is 6.61 Å². The third-order valence-electron chi connectivity index (χ3n) is 2.18. The van der Waals surface area contributed by atoms with Gasteiger partial charge in [-0.2, -0.15) is 0 Å². The first-order valence-corrected chi connectivity index (χ1v) is 3.85. The lowest BCUT2D eigenvalue weighted by atomic mass is 9.80. The largest absolute Gasteiger partial charge is 0.395 e. The van der Waals surface area contributed by atoms with Crippen LogP contribution in [0, 0.1) is 5.41 Å². The van der Waals surface area contributed by atoms with E-state index in [2.05, 4.69) is 0 Å². The summed E-state index contributed by atoms with van der Waals surface area (Å²) in [7, 11) is 0. The van der Waals surface area contributed by atoms with Crippen LogP contribution in [-0.4, -0.2) is 22.9 Å². The molecule has 2 N–H and O–H groups in total. The predicted octanol–water partition coefficient (Wildman–Crippen LogP) is 0.862. The molecule has 0 saturated heterocycles. The molecule has 0 fully saturated rings. The fraction of sp³-hybridized carbons (Fsp3) is 0.556. The smallest absolute Gasteiger partial charge is 0.0659 e. The molecule has 1 unspecified atom stereocenters. The lowest BCUT2D eigenvalue weighted by Gasteiger charge is -2.29. The van der Waals surface area contributed by atoms with Crippen LogP contribution in [0.1, 0.15) is 13.3 Å². The average Bonchev–Trinajstić information content (AvgIpc) is 2.05. The van der Waals surface area contributed by atoms with Crippen LogP contribution in [0.4, 0.5) is 0 Å². The second kappa shape index (κ2) is 3.20. The quantitative estimate of drug-likeness (QED) is 0.579. The van der Waals surface area contributed by atoms with Gasteiger partial charge in [-0.15, -0.1) is 0 Å². The Morgan fingerprint density at radius 2 is 2.00 bits per heavy atom. The highest BCUT2D eigenvalue weighted by atomic mass is 16.3. The molecule has 0 aromatic rings. The van der Waals surface area contributed by atoms with E-state index in [1.807, 2.05) is 24.3 Å². The van der Waals surface area contributed by atoms with Crippen molar-refractivity contribution in [1.82, 2.24) is 0 Å². The molecule has 0 saturated carbocycles. The molecule has 0 aromatic heterocycles. The summed E-state index contributed by atoms with van der Waals surface area (Å²) >= 11 is 0. The summed E-state index contributed by atoms with van der Waals surface area (Å²) in [4.78, 5) is 0. The van der Waals surface area contributed by atoms with E-state index in [9.17, 15) is 5.11 Å². The number of aliphatic hydroxyl groups is 2. The van der Waals surface area contributed by atoms with Crippen LogP contribution >= 0.6 is 0 Å². The zero-order valence-corrected chi connectivity index (χ0v) is 6.70. The van der Waals surface area contributed by atoms with Gasteiger partial charge in [0, 0.05) is 0 Å². The van der Waals surface area contributed by atoms with Crippen LogP contribution in [0.3, 0.4) is 0 Å². The number of hydrogen-bond acceptors (Lipinski definition) is 2. The molecule has 1 aliphatic rings. The van der Waals surface area contributed by atoms with Gasteiger partial charge in [-0.3, -0.25) is 0 Å². The van der Waals surface area contributed by atoms with Crippen molar-refractivity contribution in [1.29, 1.82) is 0 Å². The van der Waals surface area contributed by atoms with E-state index < -0.39 is 11.5 Å². The van der Waals surface area contributed by atoms with Gasteiger partial charge in [-0.1, -0.05) is 24.3 Å². The number of aliphatic hydroxyl groups excluding tert-OH is 2. The molecule has 1 atom stereocenters. The van der Waals surface area contributed by atoms with Gasteiger partial charge in [0.05, 0.1) is 18.1 Å². The Morgan fingerprint density at radius 1 is 1.45 bits per heavy atom. The fourth-order valence-electron chi connectivity index (χ4n) is 1.23. The minimum atomic E-state index is -0.530. The summed E-state index contributed by atoms with van der Waals surface area (Å²) in [6.07, 6.45) is 8.04. The number of rotatable bonds is 2. The molecule has 0 spiro atoms. The summed E-state index contributed by atoms with van der Waals surface area (Å²) in [5.41, 5.74) is -0.530. The Labute approximate surface area is 66.9 Å². The summed E-state index contributed by atoms with van der Waals surface area (Å²) in [5, 5.41) is 18.4. The molecule has 0 aliphatic heterocycles. The van der Waals surface area contributed by atoms with Gasteiger partial charge in [-0.25, -0.2) is 0 Å². The van der Waals surface area contributed by atoms with Gasteiger partial charge in [0.2, 0.25) is 0 Å². The van der Waals surface area contributed by atoms with E-state index in [1.165, 1.54) is 0 Å². The zero-order valence-electron chi connectivity index (χ0n) is 6.70. The molecule has 0 aromatic carbocycles. The van der Waals surface area contributed by atoms with E-state index >= 15 is 0 Å². The molecular weight excluding hydrogens is 140 g/mol. The van der Waals surface area contributed by atoms with Crippen LogP contribution in [-0.2, 0) is 0 Å². The first-order chi connectivity index (χ1) is 5.21.